The number of aliphatic hydroxyl groups excluding tert-OH is 1. The number of aliphatic hydroxyl groups is 1. The van der Waals surface area contributed by atoms with Gasteiger partial charge in [-0.3, -0.25) is 0 Å². The minimum absolute atomic E-state index is 0.0896. The Morgan fingerprint density at radius 2 is 1.79 bits per heavy atom. The minimum atomic E-state index is -0.670. The molecule has 1 atom stereocenters. The van der Waals surface area contributed by atoms with Gasteiger partial charge in [0, 0.05) is 12.8 Å². The van der Waals surface area contributed by atoms with Gasteiger partial charge in [-0.15, -0.1) is 10.2 Å². The molecule has 0 aliphatic rings. The summed E-state index contributed by atoms with van der Waals surface area (Å²) in [6.45, 7) is 6.66. The highest BCUT2D eigenvalue weighted by molar-refractivity contribution is 7.99. The number of thioether (sulfide) groups is 1. The lowest BCUT2D eigenvalue weighted by Crippen LogP contribution is -2.20. The topological polar surface area (TPSA) is 60.2 Å². The minimum Gasteiger partial charge on any atom is -0.491 e. The van der Waals surface area contributed by atoms with Gasteiger partial charge in [0.1, 0.15) is 18.2 Å². The summed E-state index contributed by atoms with van der Waals surface area (Å²) in [5.74, 6) is 1.23. The van der Waals surface area contributed by atoms with Crippen molar-refractivity contribution in [1.29, 1.82) is 0 Å². The maximum Gasteiger partial charge on any atom is 0.191 e. The molecule has 3 aromatic rings. The Labute approximate surface area is 174 Å². The van der Waals surface area contributed by atoms with E-state index in [4.69, 9.17) is 4.74 Å². The van der Waals surface area contributed by atoms with Crippen LogP contribution in [-0.4, -0.2) is 38.3 Å². The summed E-state index contributed by atoms with van der Waals surface area (Å²) in [5, 5.41) is 19.1. The van der Waals surface area contributed by atoms with Gasteiger partial charge < -0.3 is 14.4 Å². The quantitative estimate of drug-likeness (QED) is 0.578. The van der Waals surface area contributed by atoms with Crippen LogP contribution >= 0.6 is 11.8 Å². The third-order valence-electron chi connectivity index (χ3n) is 4.52. The van der Waals surface area contributed by atoms with Crippen LogP contribution in [0, 0.1) is 5.82 Å². The van der Waals surface area contributed by atoms with Gasteiger partial charge >= 0.3 is 0 Å². The van der Waals surface area contributed by atoms with E-state index in [1.807, 2.05) is 24.3 Å². The van der Waals surface area contributed by atoms with E-state index in [9.17, 15) is 9.50 Å². The van der Waals surface area contributed by atoms with Gasteiger partial charge in [-0.1, -0.05) is 56.8 Å². The molecule has 2 aromatic carbocycles. The van der Waals surface area contributed by atoms with Gasteiger partial charge in [-0.2, -0.15) is 0 Å². The summed E-state index contributed by atoms with van der Waals surface area (Å²) in [6, 6.07) is 14.4. The monoisotopic (exact) mass is 415 g/mol. The van der Waals surface area contributed by atoms with E-state index >= 15 is 0 Å². The summed E-state index contributed by atoms with van der Waals surface area (Å²) >= 11 is 1.35. The fraction of sp³-hybridized carbons (Fsp3) is 0.364. The first-order chi connectivity index (χ1) is 13.8. The molecule has 0 saturated carbocycles. The van der Waals surface area contributed by atoms with E-state index in [0.29, 0.717) is 22.3 Å². The molecule has 0 spiro atoms. The normalized spacial score (nSPS) is 12.8. The first-order valence-electron chi connectivity index (χ1n) is 9.44. The summed E-state index contributed by atoms with van der Waals surface area (Å²) < 4.78 is 21.4. The molecule has 0 radical (unpaired) electrons. The summed E-state index contributed by atoms with van der Waals surface area (Å²) in [6.07, 6.45) is -0.670. The standard InChI is InChI=1S/C22H26FN3O2S/c1-22(2,3)15-9-11-17(12-10-15)28-13-16(27)14-29-21-25-24-20(26(21)4)18-7-5-6-8-19(18)23/h5-12,16,27H,13-14H2,1-4H3/t16-/m1/s1. The summed E-state index contributed by atoms with van der Waals surface area (Å²) in [7, 11) is 1.78. The zero-order valence-corrected chi connectivity index (χ0v) is 17.9. The first-order valence-corrected chi connectivity index (χ1v) is 10.4. The largest absolute Gasteiger partial charge is 0.491 e. The third kappa shape index (κ3) is 5.36. The van der Waals surface area contributed by atoms with E-state index < -0.39 is 6.10 Å². The Bertz CT molecular complexity index is 951. The average molecular weight is 416 g/mol. The van der Waals surface area contributed by atoms with Crippen molar-refractivity contribution >= 4 is 11.8 Å². The Morgan fingerprint density at radius 1 is 1.10 bits per heavy atom. The second-order valence-corrected chi connectivity index (χ2v) is 8.88. The number of nitrogens with zero attached hydrogens (tertiary/aromatic N) is 3. The molecule has 29 heavy (non-hydrogen) atoms. The number of hydrogen-bond acceptors (Lipinski definition) is 5. The van der Waals surface area contributed by atoms with Crippen molar-refractivity contribution in [2.75, 3.05) is 12.4 Å². The Balaban J connectivity index is 1.54. The number of benzene rings is 2. The lowest BCUT2D eigenvalue weighted by atomic mass is 9.87. The fourth-order valence-corrected chi connectivity index (χ4v) is 3.60. The lowest BCUT2D eigenvalue weighted by molar-refractivity contribution is 0.126. The maximum atomic E-state index is 14.0. The molecule has 7 heteroatoms. The van der Waals surface area contributed by atoms with Crippen molar-refractivity contribution in [3.8, 4) is 17.1 Å². The fourth-order valence-electron chi connectivity index (χ4n) is 2.78. The molecule has 1 N–H and O–H groups in total. The van der Waals surface area contributed by atoms with Crippen LogP contribution in [0.1, 0.15) is 26.3 Å². The number of rotatable bonds is 7. The number of aromatic nitrogens is 3. The van der Waals surface area contributed by atoms with Crippen molar-refractivity contribution in [2.45, 2.75) is 37.4 Å². The van der Waals surface area contributed by atoms with E-state index in [2.05, 4.69) is 31.0 Å². The van der Waals surface area contributed by atoms with Crippen LogP contribution in [0.4, 0.5) is 4.39 Å². The number of hydrogen-bond donors (Lipinski definition) is 1. The van der Waals surface area contributed by atoms with Gasteiger partial charge in [-0.05, 0) is 35.2 Å². The van der Waals surface area contributed by atoms with E-state index in [1.54, 1.807) is 29.8 Å². The second kappa shape index (κ2) is 8.97. The SMILES string of the molecule is Cn1c(SC[C@H](O)COc2ccc(C(C)(C)C)cc2)nnc1-c1ccccc1F. The first kappa shape index (κ1) is 21.3. The molecular weight excluding hydrogens is 389 g/mol. The lowest BCUT2D eigenvalue weighted by Gasteiger charge is -2.19. The molecule has 154 valence electrons. The van der Waals surface area contributed by atoms with Gasteiger partial charge in [0.05, 0.1) is 11.7 Å². The summed E-state index contributed by atoms with van der Waals surface area (Å²) in [5.41, 5.74) is 1.72. The molecule has 0 aliphatic heterocycles. The molecule has 1 heterocycles. The highest BCUT2D eigenvalue weighted by Crippen LogP contribution is 2.26. The molecule has 0 unspecified atom stereocenters. The molecule has 0 saturated heterocycles. The number of halogens is 1. The molecule has 0 aliphatic carbocycles. The molecule has 0 fully saturated rings. The zero-order chi connectivity index (χ0) is 21.0. The number of ether oxygens (including phenoxy) is 1. The van der Waals surface area contributed by atoms with Crippen molar-refractivity contribution in [3.63, 3.8) is 0 Å². The smallest absolute Gasteiger partial charge is 0.191 e. The van der Waals surface area contributed by atoms with Gasteiger partial charge in [-0.25, -0.2) is 4.39 Å². The molecule has 5 nitrogen and oxygen atoms in total. The Hall–Kier alpha value is -2.38. The molecular formula is C22H26FN3O2S. The molecule has 0 bridgehead atoms. The summed E-state index contributed by atoms with van der Waals surface area (Å²) in [4.78, 5) is 0. The third-order valence-corrected chi connectivity index (χ3v) is 5.68. The highest BCUT2D eigenvalue weighted by Gasteiger charge is 2.16. The maximum absolute atomic E-state index is 14.0. The van der Waals surface area contributed by atoms with Crippen molar-refractivity contribution in [2.24, 2.45) is 7.05 Å². The van der Waals surface area contributed by atoms with Gasteiger partial charge in [0.25, 0.3) is 0 Å². The van der Waals surface area contributed by atoms with Crippen LogP contribution in [0.5, 0.6) is 5.75 Å². The predicted molar refractivity (Wildman–Crippen MR) is 114 cm³/mol. The van der Waals surface area contributed by atoms with Gasteiger partial charge in [0.15, 0.2) is 11.0 Å². The van der Waals surface area contributed by atoms with Crippen LogP contribution in [0.2, 0.25) is 0 Å². The Morgan fingerprint density at radius 3 is 2.45 bits per heavy atom. The highest BCUT2D eigenvalue weighted by atomic mass is 32.2. The zero-order valence-electron chi connectivity index (χ0n) is 17.1. The van der Waals surface area contributed by atoms with Crippen molar-refractivity contribution in [1.82, 2.24) is 14.8 Å². The Kier molecular flexibility index (Phi) is 6.59. The van der Waals surface area contributed by atoms with Crippen LogP contribution < -0.4 is 4.74 Å². The van der Waals surface area contributed by atoms with Crippen LogP contribution in [-0.2, 0) is 12.5 Å². The van der Waals surface area contributed by atoms with Crippen LogP contribution in [0.3, 0.4) is 0 Å². The van der Waals surface area contributed by atoms with E-state index in [0.717, 1.165) is 5.75 Å². The second-order valence-electron chi connectivity index (χ2n) is 7.90. The molecule has 3 rings (SSSR count). The predicted octanol–water partition coefficient (Wildman–Crippen LogP) is 4.45. The van der Waals surface area contributed by atoms with Crippen molar-refractivity contribution in [3.05, 3.63) is 59.9 Å². The van der Waals surface area contributed by atoms with E-state index in [1.165, 1.54) is 23.4 Å². The molecule has 1 aromatic heterocycles. The molecule has 0 amide bonds. The van der Waals surface area contributed by atoms with Crippen LogP contribution in [0.25, 0.3) is 11.4 Å². The average Bonchev–Trinajstić information content (AvgIpc) is 3.05. The van der Waals surface area contributed by atoms with Gasteiger partial charge in [0.2, 0.25) is 0 Å². The van der Waals surface area contributed by atoms with E-state index in [-0.39, 0.29) is 17.8 Å². The van der Waals surface area contributed by atoms with Crippen LogP contribution in [0.15, 0.2) is 53.7 Å². The van der Waals surface area contributed by atoms with Crippen molar-refractivity contribution < 1.29 is 14.2 Å².